The predicted molar refractivity (Wildman–Crippen MR) is 100 cm³/mol. The molecule has 2 aromatic carbocycles. The number of anilines is 1. The van der Waals surface area contributed by atoms with E-state index in [1.165, 1.54) is 5.56 Å². The Labute approximate surface area is 152 Å². The number of benzene rings is 2. The number of halogens is 2. The summed E-state index contributed by atoms with van der Waals surface area (Å²) >= 11 is 11.7. The first-order valence-electron chi connectivity index (χ1n) is 8.07. The molecule has 126 valence electrons. The number of hydrogen-bond donors (Lipinski definition) is 1. The van der Waals surface area contributed by atoms with E-state index < -0.39 is 0 Å². The van der Waals surface area contributed by atoms with Gasteiger partial charge in [0.15, 0.2) is 5.78 Å². The van der Waals surface area contributed by atoms with E-state index in [9.17, 15) is 4.79 Å². The van der Waals surface area contributed by atoms with Gasteiger partial charge in [0.1, 0.15) is 0 Å². The smallest absolute Gasteiger partial charge is 0.179 e. The van der Waals surface area contributed by atoms with Gasteiger partial charge in [0.2, 0.25) is 0 Å². The number of ketones is 1. The van der Waals surface area contributed by atoms with E-state index in [-0.39, 0.29) is 11.7 Å². The lowest BCUT2D eigenvalue weighted by Crippen LogP contribution is -2.26. The summed E-state index contributed by atoms with van der Waals surface area (Å²) in [5.74, 6) is -0.152. The van der Waals surface area contributed by atoms with Crippen molar-refractivity contribution in [3.8, 4) is 0 Å². The molecule has 1 N–H and O–H groups in total. The van der Waals surface area contributed by atoms with Crippen molar-refractivity contribution in [2.45, 2.75) is 19.0 Å². The maximum Gasteiger partial charge on any atom is 0.179 e. The maximum absolute atomic E-state index is 12.0. The zero-order valence-electron chi connectivity index (χ0n) is 13.3. The average molecular weight is 363 g/mol. The van der Waals surface area contributed by atoms with Crippen LogP contribution in [0.5, 0.6) is 0 Å². The van der Waals surface area contributed by atoms with Gasteiger partial charge in [-0.3, -0.25) is 9.69 Å². The molecule has 1 saturated heterocycles. The number of nitrogens with one attached hydrogen (secondary N) is 1. The van der Waals surface area contributed by atoms with Gasteiger partial charge in [-0.2, -0.15) is 0 Å². The number of Topliss-reactive ketones (excluding diaryl/α,β-unsaturated/α-hetero) is 1. The molecule has 0 amide bonds. The maximum atomic E-state index is 12.0. The summed E-state index contributed by atoms with van der Waals surface area (Å²) in [6.07, 6.45) is 1.05. The minimum atomic E-state index is -0.110. The highest BCUT2D eigenvalue weighted by Gasteiger charge is 2.23. The van der Waals surface area contributed by atoms with Gasteiger partial charge in [-0.25, -0.2) is 0 Å². The lowest BCUT2D eigenvalue weighted by Gasteiger charge is -2.19. The van der Waals surface area contributed by atoms with Crippen molar-refractivity contribution in [3.05, 3.63) is 64.7 Å². The zero-order valence-corrected chi connectivity index (χ0v) is 14.9. The topological polar surface area (TPSA) is 32.3 Å². The molecular weight excluding hydrogens is 343 g/mol. The number of rotatable bonds is 6. The van der Waals surface area contributed by atoms with Crippen LogP contribution in [0.15, 0.2) is 48.5 Å². The van der Waals surface area contributed by atoms with Crippen LogP contribution >= 0.6 is 23.2 Å². The van der Waals surface area contributed by atoms with Gasteiger partial charge in [-0.15, -0.1) is 11.6 Å². The van der Waals surface area contributed by atoms with Gasteiger partial charge < -0.3 is 5.32 Å². The van der Waals surface area contributed by atoms with Crippen molar-refractivity contribution in [1.29, 1.82) is 0 Å². The molecule has 3 rings (SSSR count). The molecule has 0 saturated carbocycles. The van der Waals surface area contributed by atoms with Gasteiger partial charge >= 0.3 is 0 Å². The summed E-state index contributed by atoms with van der Waals surface area (Å²) in [6, 6.07) is 16.1. The van der Waals surface area contributed by atoms with E-state index in [1.54, 1.807) is 12.1 Å². The van der Waals surface area contributed by atoms with Crippen molar-refractivity contribution < 1.29 is 4.79 Å². The van der Waals surface area contributed by atoms with Crippen molar-refractivity contribution >= 4 is 34.7 Å². The number of hydrogen-bond acceptors (Lipinski definition) is 3. The standard InChI is InChI=1S/C19H20Cl2N2O/c20-11-19(24)17-10-15(21)6-7-18(17)22-16-8-9-23(13-16)12-14-4-2-1-3-5-14/h1-7,10,16,22H,8-9,11-13H2. The van der Waals surface area contributed by atoms with Crippen LogP contribution in [0.3, 0.4) is 0 Å². The van der Waals surface area contributed by atoms with E-state index in [4.69, 9.17) is 23.2 Å². The highest BCUT2D eigenvalue weighted by atomic mass is 35.5. The minimum absolute atomic E-state index is 0.0418. The third-order valence-electron chi connectivity index (χ3n) is 4.28. The Bertz CT molecular complexity index is 706. The normalized spacial score (nSPS) is 17.8. The first kappa shape index (κ1) is 17.3. The quantitative estimate of drug-likeness (QED) is 0.608. The average Bonchev–Trinajstić information content (AvgIpc) is 3.03. The van der Waals surface area contributed by atoms with E-state index in [0.717, 1.165) is 31.7 Å². The molecule has 0 bridgehead atoms. The van der Waals surface area contributed by atoms with Gasteiger partial charge in [0.25, 0.3) is 0 Å². The number of nitrogens with zero attached hydrogens (tertiary/aromatic N) is 1. The predicted octanol–water partition coefficient (Wildman–Crippen LogP) is 4.45. The van der Waals surface area contributed by atoms with Crippen molar-refractivity contribution in [1.82, 2.24) is 4.90 Å². The fourth-order valence-corrected chi connectivity index (χ4v) is 3.42. The lowest BCUT2D eigenvalue weighted by atomic mass is 10.1. The van der Waals surface area contributed by atoms with Crippen LogP contribution in [0.4, 0.5) is 5.69 Å². The highest BCUT2D eigenvalue weighted by Crippen LogP contribution is 2.25. The van der Waals surface area contributed by atoms with E-state index >= 15 is 0 Å². The van der Waals surface area contributed by atoms with E-state index in [1.807, 2.05) is 12.1 Å². The zero-order chi connectivity index (χ0) is 16.9. The van der Waals surface area contributed by atoms with Crippen LogP contribution in [0.1, 0.15) is 22.3 Å². The first-order chi connectivity index (χ1) is 11.7. The summed E-state index contributed by atoms with van der Waals surface area (Å²) in [5, 5.41) is 4.04. The summed E-state index contributed by atoms with van der Waals surface area (Å²) in [4.78, 5) is 14.4. The van der Waals surface area contributed by atoms with Crippen LogP contribution in [0, 0.1) is 0 Å². The number of likely N-dealkylation sites (tertiary alicyclic amines) is 1. The Morgan fingerprint density at radius 3 is 2.75 bits per heavy atom. The summed E-state index contributed by atoms with van der Waals surface area (Å²) in [6.45, 7) is 2.94. The second-order valence-corrected chi connectivity index (χ2v) is 6.80. The van der Waals surface area contributed by atoms with Crippen molar-refractivity contribution in [3.63, 3.8) is 0 Å². The number of carbonyl (C=O) groups excluding carboxylic acids is 1. The molecule has 1 heterocycles. The van der Waals surface area contributed by atoms with Crippen LogP contribution < -0.4 is 5.32 Å². The molecule has 3 nitrogen and oxygen atoms in total. The second-order valence-electron chi connectivity index (χ2n) is 6.10. The fraction of sp³-hybridized carbons (Fsp3) is 0.316. The Hall–Kier alpha value is -1.55. The van der Waals surface area contributed by atoms with Crippen molar-refractivity contribution in [2.24, 2.45) is 0 Å². The van der Waals surface area contributed by atoms with Crippen LogP contribution in [0.25, 0.3) is 0 Å². The monoisotopic (exact) mass is 362 g/mol. The summed E-state index contributed by atoms with van der Waals surface area (Å²) in [7, 11) is 0. The SMILES string of the molecule is O=C(CCl)c1cc(Cl)ccc1NC1CCN(Cc2ccccc2)C1. The molecule has 1 unspecified atom stereocenters. The Balaban J connectivity index is 1.64. The van der Waals surface area contributed by atoms with Crippen molar-refractivity contribution in [2.75, 3.05) is 24.3 Å². The van der Waals surface area contributed by atoms with Crippen LogP contribution in [-0.2, 0) is 6.54 Å². The molecule has 0 spiro atoms. The van der Waals surface area contributed by atoms with Crippen LogP contribution in [-0.4, -0.2) is 35.7 Å². The molecule has 5 heteroatoms. The minimum Gasteiger partial charge on any atom is -0.380 e. The lowest BCUT2D eigenvalue weighted by molar-refractivity contribution is 0.102. The molecule has 1 aliphatic heterocycles. The van der Waals surface area contributed by atoms with E-state index in [0.29, 0.717) is 16.6 Å². The molecular formula is C19H20Cl2N2O. The van der Waals surface area contributed by atoms with Gasteiger partial charge in [0.05, 0.1) is 5.88 Å². The van der Waals surface area contributed by atoms with Gasteiger partial charge in [-0.05, 0) is 30.2 Å². The molecule has 2 aromatic rings. The molecule has 0 radical (unpaired) electrons. The highest BCUT2D eigenvalue weighted by molar-refractivity contribution is 6.33. The number of alkyl halides is 1. The third-order valence-corrected chi connectivity index (χ3v) is 4.76. The molecule has 1 fully saturated rings. The first-order valence-corrected chi connectivity index (χ1v) is 8.98. The Morgan fingerprint density at radius 1 is 1.21 bits per heavy atom. The molecule has 24 heavy (non-hydrogen) atoms. The van der Waals surface area contributed by atoms with Gasteiger partial charge in [-0.1, -0.05) is 41.9 Å². The Kier molecular flexibility index (Phi) is 5.77. The van der Waals surface area contributed by atoms with Crippen LogP contribution in [0.2, 0.25) is 5.02 Å². The third kappa shape index (κ3) is 4.29. The molecule has 0 aliphatic carbocycles. The largest absolute Gasteiger partial charge is 0.380 e. The summed E-state index contributed by atoms with van der Waals surface area (Å²) < 4.78 is 0. The summed E-state index contributed by atoms with van der Waals surface area (Å²) in [5.41, 5.74) is 2.71. The van der Waals surface area contributed by atoms with E-state index in [2.05, 4.69) is 34.5 Å². The second kappa shape index (κ2) is 8.02. The number of carbonyl (C=O) groups is 1. The molecule has 0 aromatic heterocycles. The Morgan fingerprint density at radius 2 is 2.00 bits per heavy atom. The van der Waals surface area contributed by atoms with Gasteiger partial charge in [0, 0.05) is 41.9 Å². The molecule has 1 aliphatic rings. The molecule has 1 atom stereocenters. The fourth-order valence-electron chi connectivity index (χ4n) is 3.10.